The molecule has 1 aliphatic rings. The van der Waals surface area contributed by atoms with Crippen molar-refractivity contribution in [1.29, 1.82) is 0 Å². The van der Waals surface area contributed by atoms with Gasteiger partial charge in [-0.05, 0) is 45.1 Å². The highest BCUT2D eigenvalue weighted by Gasteiger charge is 2.27. The highest BCUT2D eigenvalue weighted by atomic mass is 16.2. The molecule has 2 heterocycles. The predicted octanol–water partition coefficient (Wildman–Crippen LogP) is 3.51. The molecule has 2 aromatic heterocycles. The first kappa shape index (κ1) is 22.0. The lowest BCUT2D eigenvalue weighted by Crippen LogP contribution is -2.33. The van der Waals surface area contributed by atoms with Crippen LogP contribution in [-0.2, 0) is 30.7 Å². The van der Waals surface area contributed by atoms with Crippen LogP contribution in [0.5, 0.6) is 0 Å². The van der Waals surface area contributed by atoms with Gasteiger partial charge in [-0.3, -0.25) is 14.3 Å². The number of nitrogens with zero attached hydrogens (tertiary/aromatic N) is 4. The Morgan fingerprint density at radius 1 is 1.22 bits per heavy atom. The average Bonchev–Trinajstić information content (AvgIpc) is 2.99. The molecule has 1 N–H and O–H groups in total. The number of H-pyrrole nitrogens is 1. The summed E-state index contributed by atoms with van der Waals surface area (Å²) in [6.07, 6.45) is 3.58. The van der Waals surface area contributed by atoms with Crippen LogP contribution in [0.3, 0.4) is 0 Å². The molecule has 0 fully saturated rings. The van der Waals surface area contributed by atoms with E-state index in [9.17, 15) is 9.59 Å². The van der Waals surface area contributed by atoms with Crippen LogP contribution in [-0.4, -0.2) is 37.6 Å². The highest BCUT2D eigenvalue weighted by Crippen LogP contribution is 2.25. The van der Waals surface area contributed by atoms with Gasteiger partial charge >= 0.3 is 0 Å². The summed E-state index contributed by atoms with van der Waals surface area (Å²) < 4.78 is 2.00. The SMILES string of the molecule is CCCn1nc(C)cc1CN(C)C(=O)C1CCc2nc(-c3ccccc3)[nH]c(=O)c2CC1. The van der Waals surface area contributed by atoms with E-state index in [-0.39, 0.29) is 17.4 Å². The minimum Gasteiger partial charge on any atom is -0.340 e. The van der Waals surface area contributed by atoms with Gasteiger partial charge in [0.25, 0.3) is 5.56 Å². The average molecular weight is 434 g/mol. The molecule has 4 rings (SSSR count). The van der Waals surface area contributed by atoms with E-state index in [0.29, 0.717) is 38.1 Å². The predicted molar refractivity (Wildman–Crippen MR) is 124 cm³/mol. The maximum Gasteiger partial charge on any atom is 0.254 e. The third-order valence-electron chi connectivity index (χ3n) is 6.17. The van der Waals surface area contributed by atoms with Crippen LogP contribution in [0.25, 0.3) is 11.4 Å². The minimum absolute atomic E-state index is 0.0887. The van der Waals surface area contributed by atoms with Crippen molar-refractivity contribution < 1.29 is 4.79 Å². The second-order valence-electron chi connectivity index (χ2n) is 8.67. The summed E-state index contributed by atoms with van der Waals surface area (Å²) in [4.78, 5) is 35.5. The van der Waals surface area contributed by atoms with E-state index in [0.717, 1.165) is 41.2 Å². The Morgan fingerprint density at radius 3 is 2.72 bits per heavy atom. The molecule has 1 amide bonds. The van der Waals surface area contributed by atoms with Crippen LogP contribution in [0.4, 0.5) is 0 Å². The van der Waals surface area contributed by atoms with E-state index in [4.69, 9.17) is 4.98 Å². The van der Waals surface area contributed by atoms with Crippen molar-refractivity contribution in [2.45, 2.75) is 59.0 Å². The quantitative estimate of drug-likeness (QED) is 0.603. The van der Waals surface area contributed by atoms with Gasteiger partial charge in [-0.15, -0.1) is 0 Å². The number of fused-ring (bicyclic) bond motifs is 1. The van der Waals surface area contributed by atoms with Crippen molar-refractivity contribution in [3.05, 3.63) is 69.4 Å². The summed E-state index contributed by atoms with van der Waals surface area (Å²) in [6.45, 7) is 5.49. The second-order valence-corrected chi connectivity index (χ2v) is 8.67. The molecule has 0 saturated carbocycles. The van der Waals surface area contributed by atoms with Crippen LogP contribution >= 0.6 is 0 Å². The molecule has 32 heavy (non-hydrogen) atoms. The number of hydrogen-bond donors (Lipinski definition) is 1. The molecular weight excluding hydrogens is 402 g/mol. The van der Waals surface area contributed by atoms with Crippen molar-refractivity contribution in [1.82, 2.24) is 24.6 Å². The van der Waals surface area contributed by atoms with E-state index < -0.39 is 0 Å². The van der Waals surface area contributed by atoms with Crippen molar-refractivity contribution >= 4 is 5.91 Å². The third kappa shape index (κ3) is 4.66. The Balaban J connectivity index is 1.48. The van der Waals surface area contributed by atoms with Crippen LogP contribution in [0.15, 0.2) is 41.2 Å². The number of carbonyl (C=O) groups is 1. The van der Waals surface area contributed by atoms with Crippen molar-refractivity contribution in [2.75, 3.05) is 7.05 Å². The zero-order valence-corrected chi connectivity index (χ0v) is 19.1. The Bertz CT molecular complexity index is 1150. The summed E-state index contributed by atoms with van der Waals surface area (Å²) in [5.41, 5.74) is 4.38. The van der Waals surface area contributed by atoms with Crippen LogP contribution in [0.1, 0.15) is 48.8 Å². The van der Waals surface area contributed by atoms with Crippen LogP contribution in [0.2, 0.25) is 0 Å². The molecule has 1 atom stereocenters. The summed E-state index contributed by atoms with van der Waals surface area (Å²) >= 11 is 0. The minimum atomic E-state index is -0.114. The number of rotatable bonds is 6. The van der Waals surface area contributed by atoms with Gasteiger partial charge in [0.2, 0.25) is 5.91 Å². The molecule has 0 spiro atoms. The molecule has 1 aliphatic carbocycles. The zero-order chi connectivity index (χ0) is 22.7. The molecular formula is C25H31N5O2. The Kier molecular flexibility index (Phi) is 6.53. The van der Waals surface area contributed by atoms with Gasteiger partial charge in [-0.2, -0.15) is 5.10 Å². The first-order chi connectivity index (χ1) is 15.5. The number of amides is 1. The Labute approximate surface area is 188 Å². The lowest BCUT2D eigenvalue weighted by atomic mass is 9.98. The maximum absolute atomic E-state index is 13.2. The second kappa shape index (κ2) is 9.51. The molecule has 3 aromatic rings. The largest absolute Gasteiger partial charge is 0.340 e. The van der Waals surface area contributed by atoms with Crippen LogP contribution < -0.4 is 5.56 Å². The third-order valence-corrected chi connectivity index (χ3v) is 6.17. The number of aromatic nitrogens is 4. The first-order valence-corrected chi connectivity index (χ1v) is 11.4. The molecule has 0 aliphatic heterocycles. The fraction of sp³-hybridized carbons (Fsp3) is 0.440. The first-order valence-electron chi connectivity index (χ1n) is 11.4. The molecule has 168 valence electrons. The van der Waals surface area contributed by atoms with Gasteiger partial charge in [0.05, 0.1) is 23.6 Å². The van der Waals surface area contributed by atoms with E-state index >= 15 is 0 Å². The van der Waals surface area contributed by atoms with E-state index in [1.807, 2.05) is 49.0 Å². The highest BCUT2D eigenvalue weighted by molar-refractivity contribution is 5.78. The van der Waals surface area contributed by atoms with E-state index in [2.05, 4.69) is 23.1 Å². The number of aryl methyl sites for hydroxylation is 3. The summed E-state index contributed by atoms with van der Waals surface area (Å²) in [5.74, 6) is 0.604. The van der Waals surface area contributed by atoms with Crippen molar-refractivity contribution in [2.24, 2.45) is 5.92 Å². The zero-order valence-electron chi connectivity index (χ0n) is 19.1. The number of benzene rings is 1. The Morgan fingerprint density at radius 2 is 1.97 bits per heavy atom. The fourth-order valence-electron chi connectivity index (χ4n) is 4.53. The van der Waals surface area contributed by atoms with Gasteiger partial charge in [0, 0.05) is 30.6 Å². The lowest BCUT2D eigenvalue weighted by molar-refractivity contribution is -0.135. The van der Waals surface area contributed by atoms with Gasteiger partial charge in [-0.25, -0.2) is 4.98 Å². The monoisotopic (exact) mass is 433 g/mol. The molecule has 7 heteroatoms. The number of aromatic amines is 1. The fourth-order valence-corrected chi connectivity index (χ4v) is 4.53. The molecule has 7 nitrogen and oxygen atoms in total. The van der Waals surface area contributed by atoms with Gasteiger partial charge in [0.1, 0.15) is 5.82 Å². The summed E-state index contributed by atoms with van der Waals surface area (Å²) in [7, 11) is 1.86. The molecule has 1 aromatic carbocycles. The maximum atomic E-state index is 13.2. The molecule has 0 bridgehead atoms. The molecule has 0 radical (unpaired) electrons. The van der Waals surface area contributed by atoms with Gasteiger partial charge < -0.3 is 9.88 Å². The summed E-state index contributed by atoms with van der Waals surface area (Å²) in [6, 6.07) is 11.7. The summed E-state index contributed by atoms with van der Waals surface area (Å²) in [5, 5.41) is 4.54. The van der Waals surface area contributed by atoms with Crippen molar-refractivity contribution in [3.8, 4) is 11.4 Å². The molecule has 0 saturated heterocycles. The lowest BCUT2D eigenvalue weighted by Gasteiger charge is -2.23. The number of nitrogens with one attached hydrogen (secondary N) is 1. The van der Waals surface area contributed by atoms with E-state index in [1.165, 1.54) is 0 Å². The number of carbonyl (C=O) groups excluding carboxylic acids is 1. The van der Waals surface area contributed by atoms with Crippen molar-refractivity contribution in [3.63, 3.8) is 0 Å². The Hall–Kier alpha value is -3.22. The number of hydrogen-bond acceptors (Lipinski definition) is 4. The van der Waals surface area contributed by atoms with E-state index in [1.54, 1.807) is 4.90 Å². The van der Waals surface area contributed by atoms with Gasteiger partial charge in [-0.1, -0.05) is 37.3 Å². The normalized spacial score (nSPS) is 15.8. The standard InChI is InChI=1S/C25H31N5O2/c1-4-14-30-20(15-17(2)28-30)16-29(3)25(32)19-10-12-21-22(13-11-19)26-23(27-24(21)31)18-8-6-5-7-9-18/h5-9,15,19H,4,10-14,16H2,1-3H3,(H,26,27,31). The smallest absolute Gasteiger partial charge is 0.254 e. The topological polar surface area (TPSA) is 83.9 Å². The van der Waals surface area contributed by atoms with Crippen LogP contribution in [0, 0.1) is 12.8 Å². The molecule has 1 unspecified atom stereocenters. The van der Waals surface area contributed by atoms with Gasteiger partial charge in [0.15, 0.2) is 0 Å².